The number of hydrogen-bond acceptors (Lipinski definition) is 3. The molecule has 3 N–H and O–H groups in total. The Morgan fingerprint density at radius 1 is 1.08 bits per heavy atom. The maximum atomic E-state index is 12.0. The lowest BCUT2D eigenvalue weighted by atomic mass is 10.0. The smallest absolute Gasteiger partial charge is 0.237 e. The summed E-state index contributed by atoms with van der Waals surface area (Å²) in [5.41, 5.74) is 7.90. The summed E-state index contributed by atoms with van der Waals surface area (Å²) >= 11 is 0. The first kappa shape index (κ1) is 20.0. The number of carbonyl (C=O) groups is 1. The van der Waals surface area contributed by atoms with E-state index in [2.05, 4.69) is 5.32 Å². The molecule has 5 heteroatoms. The van der Waals surface area contributed by atoms with Gasteiger partial charge in [-0.25, -0.2) is 0 Å². The summed E-state index contributed by atoms with van der Waals surface area (Å²) in [6.45, 7) is 4.77. The van der Waals surface area contributed by atoms with Gasteiger partial charge < -0.3 is 15.8 Å². The van der Waals surface area contributed by atoms with Gasteiger partial charge in [0.1, 0.15) is 12.4 Å². The highest BCUT2D eigenvalue weighted by Crippen LogP contribution is 2.19. The molecule has 4 nitrogen and oxygen atoms in total. The van der Waals surface area contributed by atoms with E-state index in [4.69, 9.17) is 10.5 Å². The number of nitrogens with two attached hydrogens (primary N) is 1. The third-order valence-electron chi connectivity index (χ3n) is 3.68. The molecule has 0 saturated carbocycles. The van der Waals surface area contributed by atoms with E-state index in [-0.39, 0.29) is 24.2 Å². The summed E-state index contributed by atoms with van der Waals surface area (Å²) in [6.07, 6.45) is 0. The van der Waals surface area contributed by atoms with Crippen LogP contribution in [0.5, 0.6) is 5.75 Å². The monoisotopic (exact) mass is 348 g/mol. The zero-order chi connectivity index (χ0) is 16.7. The molecule has 0 radical (unpaired) electrons. The summed E-state index contributed by atoms with van der Waals surface area (Å²) in [6, 6.07) is 17.2. The molecule has 0 spiro atoms. The summed E-state index contributed by atoms with van der Waals surface area (Å²) in [5.74, 6) is 0.743. The van der Waals surface area contributed by atoms with Gasteiger partial charge in [-0.2, -0.15) is 0 Å². The van der Waals surface area contributed by atoms with Gasteiger partial charge in [-0.05, 0) is 17.5 Å². The van der Waals surface area contributed by atoms with Crippen molar-refractivity contribution >= 4 is 18.3 Å². The first-order valence-corrected chi connectivity index (χ1v) is 7.86. The van der Waals surface area contributed by atoms with Crippen LogP contribution in [-0.4, -0.2) is 11.9 Å². The van der Waals surface area contributed by atoms with Crippen molar-refractivity contribution in [2.45, 2.75) is 33.0 Å². The zero-order valence-electron chi connectivity index (χ0n) is 14.1. The summed E-state index contributed by atoms with van der Waals surface area (Å²) in [4.78, 5) is 12.0. The largest absolute Gasteiger partial charge is 0.489 e. The van der Waals surface area contributed by atoms with Crippen LogP contribution in [0.2, 0.25) is 0 Å². The number of hydrogen-bond donors (Lipinski definition) is 2. The lowest BCUT2D eigenvalue weighted by Gasteiger charge is -2.16. The van der Waals surface area contributed by atoms with Gasteiger partial charge in [-0.1, -0.05) is 62.4 Å². The lowest BCUT2D eigenvalue weighted by molar-refractivity contribution is -0.123. The average Bonchev–Trinajstić information content (AvgIpc) is 2.58. The molecular formula is C19H25ClN2O2. The molecule has 1 amide bonds. The predicted octanol–water partition coefficient (Wildman–Crippen LogP) is 3.29. The number of halogens is 1. The Kier molecular flexibility index (Phi) is 8.30. The van der Waals surface area contributed by atoms with E-state index in [9.17, 15) is 4.79 Å². The van der Waals surface area contributed by atoms with Gasteiger partial charge in [0, 0.05) is 12.1 Å². The molecule has 0 aliphatic heterocycles. The molecule has 0 aromatic heterocycles. The summed E-state index contributed by atoms with van der Waals surface area (Å²) in [7, 11) is 0. The number of carbonyl (C=O) groups excluding carboxylic acids is 1. The van der Waals surface area contributed by atoms with Crippen molar-refractivity contribution in [1.82, 2.24) is 5.32 Å². The van der Waals surface area contributed by atoms with Crippen LogP contribution in [0, 0.1) is 5.92 Å². The van der Waals surface area contributed by atoms with Crippen LogP contribution >= 0.6 is 12.4 Å². The maximum absolute atomic E-state index is 12.0. The third-order valence-corrected chi connectivity index (χ3v) is 3.68. The van der Waals surface area contributed by atoms with E-state index in [1.54, 1.807) is 0 Å². The highest BCUT2D eigenvalue weighted by molar-refractivity contribution is 5.85. The van der Waals surface area contributed by atoms with Gasteiger partial charge >= 0.3 is 0 Å². The SMILES string of the molecule is CC(C)C(N)C(=O)NCc1ccccc1OCc1ccccc1.Cl. The van der Waals surface area contributed by atoms with Crippen molar-refractivity contribution in [3.63, 3.8) is 0 Å². The van der Waals surface area contributed by atoms with Gasteiger partial charge in [-0.3, -0.25) is 4.79 Å². The molecule has 2 aromatic carbocycles. The molecule has 2 aromatic rings. The van der Waals surface area contributed by atoms with E-state index < -0.39 is 6.04 Å². The minimum atomic E-state index is -0.493. The number of rotatable bonds is 7. The molecule has 24 heavy (non-hydrogen) atoms. The fourth-order valence-corrected chi connectivity index (χ4v) is 2.13. The first-order valence-electron chi connectivity index (χ1n) is 7.86. The van der Waals surface area contributed by atoms with Gasteiger partial charge in [0.2, 0.25) is 5.91 Å². The molecule has 1 unspecified atom stereocenters. The Balaban J connectivity index is 0.00000288. The quantitative estimate of drug-likeness (QED) is 0.807. The fourth-order valence-electron chi connectivity index (χ4n) is 2.13. The Labute approximate surface area is 149 Å². The molecule has 0 fully saturated rings. The van der Waals surface area contributed by atoms with Crippen LogP contribution in [0.15, 0.2) is 54.6 Å². The van der Waals surface area contributed by atoms with Crippen LogP contribution in [-0.2, 0) is 17.9 Å². The normalized spacial score (nSPS) is 11.5. The van der Waals surface area contributed by atoms with Crippen LogP contribution < -0.4 is 15.8 Å². The Hall–Kier alpha value is -2.04. The van der Waals surface area contributed by atoms with E-state index in [1.165, 1.54) is 0 Å². The Morgan fingerprint density at radius 2 is 1.71 bits per heavy atom. The molecule has 0 aliphatic carbocycles. The van der Waals surface area contributed by atoms with Crippen molar-refractivity contribution in [2.24, 2.45) is 11.7 Å². The second kappa shape index (κ2) is 9.96. The van der Waals surface area contributed by atoms with Gasteiger partial charge in [0.25, 0.3) is 0 Å². The molecule has 2 rings (SSSR count). The second-order valence-corrected chi connectivity index (χ2v) is 5.87. The van der Waals surface area contributed by atoms with Crippen LogP contribution in [0.25, 0.3) is 0 Å². The van der Waals surface area contributed by atoms with Crippen molar-refractivity contribution in [3.8, 4) is 5.75 Å². The van der Waals surface area contributed by atoms with Crippen LogP contribution in [0.1, 0.15) is 25.0 Å². The lowest BCUT2D eigenvalue weighted by Crippen LogP contribution is -2.43. The highest BCUT2D eigenvalue weighted by Gasteiger charge is 2.17. The van der Waals surface area contributed by atoms with Crippen molar-refractivity contribution in [1.29, 1.82) is 0 Å². The number of nitrogens with one attached hydrogen (secondary N) is 1. The topological polar surface area (TPSA) is 64.4 Å². The summed E-state index contributed by atoms with van der Waals surface area (Å²) in [5, 5.41) is 2.87. The van der Waals surface area contributed by atoms with Gasteiger partial charge in [0.15, 0.2) is 0 Å². The van der Waals surface area contributed by atoms with Gasteiger partial charge in [-0.15, -0.1) is 12.4 Å². The number of ether oxygens (including phenoxy) is 1. The Morgan fingerprint density at radius 3 is 2.38 bits per heavy atom. The minimum absolute atomic E-state index is 0. The molecule has 0 bridgehead atoms. The highest BCUT2D eigenvalue weighted by atomic mass is 35.5. The Bertz CT molecular complexity index is 632. The zero-order valence-corrected chi connectivity index (χ0v) is 14.9. The second-order valence-electron chi connectivity index (χ2n) is 5.87. The van der Waals surface area contributed by atoms with Gasteiger partial charge in [0.05, 0.1) is 6.04 Å². The van der Waals surface area contributed by atoms with Crippen molar-refractivity contribution in [3.05, 3.63) is 65.7 Å². The molecular weight excluding hydrogens is 324 g/mol. The average molecular weight is 349 g/mol. The fraction of sp³-hybridized carbons (Fsp3) is 0.316. The minimum Gasteiger partial charge on any atom is -0.489 e. The van der Waals surface area contributed by atoms with Crippen molar-refractivity contribution < 1.29 is 9.53 Å². The first-order chi connectivity index (χ1) is 11.1. The van der Waals surface area contributed by atoms with Crippen molar-refractivity contribution in [2.75, 3.05) is 0 Å². The third kappa shape index (κ3) is 5.87. The number of benzene rings is 2. The van der Waals surface area contributed by atoms with E-state index >= 15 is 0 Å². The predicted molar refractivity (Wildman–Crippen MR) is 99.1 cm³/mol. The van der Waals surface area contributed by atoms with E-state index in [0.29, 0.717) is 13.2 Å². The molecule has 0 saturated heterocycles. The van der Waals surface area contributed by atoms with E-state index in [0.717, 1.165) is 16.9 Å². The van der Waals surface area contributed by atoms with Crippen LogP contribution in [0.4, 0.5) is 0 Å². The molecule has 1 atom stereocenters. The number of amides is 1. The standard InChI is InChI=1S/C19H24N2O2.ClH/c1-14(2)18(20)19(22)21-12-16-10-6-7-11-17(16)23-13-15-8-4-3-5-9-15;/h3-11,14,18H,12-13,20H2,1-2H3,(H,21,22);1H. The maximum Gasteiger partial charge on any atom is 0.237 e. The number of para-hydroxylation sites is 1. The van der Waals surface area contributed by atoms with Crippen LogP contribution in [0.3, 0.4) is 0 Å². The molecule has 0 aliphatic rings. The molecule has 0 heterocycles. The molecule has 130 valence electrons. The summed E-state index contributed by atoms with van der Waals surface area (Å²) < 4.78 is 5.88. The van der Waals surface area contributed by atoms with E-state index in [1.807, 2.05) is 68.4 Å².